The molecule has 4 fully saturated rings. The standard InChI is InChI=1S/4C6H13N2O.Sn/c4*7-1-2-8-3-5-9-6-4-8;/h4*7H,1-6H2;/q4*-1;+4. The SMILES string of the molecule is C(CN1CCOCC1)[NH][Sn]([NH]CCN1CCOCC1)([NH]CCN1CCOCC1)[NH]CCN1CCOCC1. The van der Waals surface area contributed by atoms with Crippen molar-refractivity contribution in [3.8, 4) is 0 Å². The molecule has 0 unspecified atom stereocenters. The first-order valence-electron chi connectivity index (χ1n) is 14.5. The fourth-order valence-corrected chi connectivity index (χ4v) is 13.0. The minimum absolute atomic E-state index is 0.849. The minimum atomic E-state index is -3.30. The van der Waals surface area contributed by atoms with Gasteiger partial charge in [-0.25, -0.2) is 0 Å². The van der Waals surface area contributed by atoms with Crippen molar-refractivity contribution in [1.82, 2.24) is 33.8 Å². The fourth-order valence-electron chi connectivity index (χ4n) is 5.28. The molecule has 4 aliphatic heterocycles. The molecule has 0 spiro atoms. The molecule has 4 saturated heterocycles. The van der Waals surface area contributed by atoms with Crippen LogP contribution in [0.1, 0.15) is 0 Å². The van der Waals surface area contributed by atoms with Gasteiger partial charge < -0.3 is 0 Å². The van der Waals surface area contributed by atoms with E-state index in [0.717, 1.165) is 158 Å². The monoisotopic (exact) mass is 636 g/mol. The molecule has 12 nitrogen and oxygen atoms in total. The van der Waals surface area contributed by atoms with Crippen molar-refractivity contribution in [3.63, 3.8) is 0 Å². The van der Waals surface area contributed by atoms with Crippen LogP contribution in [-0.2, 0) is 18.9 Å². The predicted octanol–water partition coefficient (Wildman–Crippen LogP) is -2.89. The van der Waals surface area contributed by atoms with Crippen LogP contribution in [0.15, 0.2) is 0 Å². The van der Waals surface area contributed by atoms with Gasteiger partial charge in [-0.2, -0.15) is 0 Å². The Morgan fingerprint density at radius 1 is 0.378 bits per heavy atom. The van der Waals surface area contributed by atoms with Crippen molar-refractivity contribution in [2.24, 2.45) is 0 Å². The van der Waals surface area contributed by atoms with Crippen LogP contribution in [0, 0.1) is 0 Å². The zero-order valence-corrected chi connectivity index (χ0v) is 25.7. The number of hydrogen-bond acceptors (Lipinski definition) is 12. The Morgan fingerprint density at radius 3 is 0.811 bits per heavy atom. The van der Waals surface area contributed by atoms with E-state index in [4.69, 9.17) is 18.9 Å². The summed E-state index contributed by atoms with van der Waals surface area (Å²) in [6.07, 6.45) is 0. The summed E-state index contributed by atoms with van der Waals surface area (Å²) in [6, 6.07) is 0. The van der Waals surface area contributed by atoms with Crippen molar-refractivity contribution in [3.05, 3.63) is 0 Å². The van der Waals surface area contributed by atoms with Gasteiger partial charge in [0, 0.05) is 0 Å². The van der Waals surface area contributed by atoms with Crippen molar-refractivity contribution < 1.29 is 18.9 Å². The molecule has 216 valence electrons. The summed E-state index contributed by atoms with van der Waals surface area (Å²) in [5.41, 5.74) is 0. The Balaban J connectivity index is 1.33. The number of nitrogens with zero attached hydrogens (tertiary/aromatic N) is 4. The topological polar surface area (TPSA) is 98.0 Å². The van der Waals surface area contributed by atoms with Gasteiger partial charge in [-0.05, 0) is 0 Å². The molecule has 4 N–H and O–H groups in total. The third-order valence-electron chi connectivity index (χ3n) is 7.69. The second-order valence-corrected chi connectivity index (χ2v) is 18.6. The summed E-state index contributed by atoms with van der Waals surface area (Å²) >= 11 is -3.30. The van der Waals surface area contributed by atoms with Gasteiger partial charge in [0.1, 0.15) is 0 Å². The van der Waals surface area contributed by atoms with E-state index >= 15 is 0 Å². The number of ether oxygens (including phenoxy) is 4. The molecule has 0 amide bonds. The van der Waals surface area contributed by atoms with E-state index in [2.05, 4.69) is 33.8 Å². The summed E-state index contributed by atoms with van der Waals surface area (Å²) in [7, 11) is 0. The first-order valence-corrected chi connectivity index (χ1v) is 20.2. The van der Waals surface area contributed by atoms with E-state index in [1.165, 1.54) is 0 Å². The normalized spacial score (nSPS) is 24.0. The third-order valence-corrected chi connectivity index (χ3v) is 16.6. The average Bonchev–Trinajstić information content (AvgIpc) is 2.95. The van der Waals surface area contributed by atoms with Crippen LogP contribution >= 0.6 is 0 Å². The van der Waals surface area contributed by atoms with Gasteiger partial charge in [0.15, 0.2) is 0 Å². The van der Waals surface area contributed by atoms with Crippen LogP contribution in [0.2, 0.25) is 0 Å². The molecule has 4 aliphatic rings. The molecular formula is C24H52N8O4Sn. The molecule has 0 aliphatic carbocycles. The Bertz CT molecular complexity index is 488. The number of hydrogen-bond donors (Lipinski definition) is 4. The maximum atomic E-state index is 5.55. The van der Waals surface area contributed by atoms with Crippen LogP contribution in [0.5, 0.6) is 0 Å². The summed E-state index contributed by atoms with van der Waals surface area (Å²) in [5, 5.41) is 0. The molecule has 0 bridgehead atoms. The number of morpholine rings is 4. The number of rotatable bonds is 16. The zero-order chi connectivity index (χ0) is 25.4. The van der Waals surface area contributed by atoms with Gasteiger partial charge in [0.2, 0.25) is 0 Å². The van der Waals surface area contributed by atoms with E-state index in [1.807, 2.05) is 0 Å². The Morgan fingerprint density at radius 2 is 0.595 bits per heavy atom. The van der Waals surface area contributed by atoms with Crippen LogP contribution in [0.25, 0.3) is 0 Å². The molecule has 0 aromatic carbocycles. The Kier molecular flexibility index (Phi) is 14.6. The van der Waals surface area contributed by atoms with E-state index in [0.29, 0.717) is 0 Å². The average molecular weight is 635 g/mol. The maximum absolute atomic E-state index is 5.55. The molecule has 4 rings (SSSR count). The second kappa shape index (κ2) is 17.9. The quantitative estimate of drug-likeness (QED) is 0.131. The van der Waals surface area contributed by atoms with Crippen molar-refractivity contribution >= 4 is 19.5 Å². The molecule has 37 heavy (non-hydrogen) atoms. The van der Waals surface area contributed by atoms with Gasteiger partial charge in [-0.3, -0.25) is 0 Å². The molecule has 4 heterocycles. The zero-order valence-electron chi connectivity index (χ0n) is 22.9. The first-order chi connectivity index (χ1) is 18.3. The second-order valence-electron chi connectivity index (χ2n) is 10.3. The van der Waals surface area contributed by atoms with Crippen molar-refractivity contribution in [2.45, 2.75) is 0 Å². The fraction of sp³-hybridized carbons (Fsp3) is 1.00. The summed E-state index contributed by atoms with van der Waals surface area (Å²) in [6.45, 7) is 23.2. The molecule has 0 radical (unpaired) electrons. The van der Waals surface area contributed by atoms with Crippen molar-refractivity contribution in [2.75, 3.05) is 158 Å². The van der Waals surface area contributed by atoms with Gasteiger partial charge in [-0.15, -0.1) is 0 Å². The molecule has 0 aromatic heterocycles. The number of nitrogens with one attached hydrogen (secondary N) is 4. The summed E-state index contributed by atoms with van der Waals surface area (Å²) in [5.74, 6) is 0. The molecule has 13 heteroatoms. The van der Waals surface area contributed by atoms with Gasteiger partial charge in [-0.1, -0.05) is 0 Å². The third kappa shape index (κ3) is 11.8. The van der Waals surface area contributed by atoms with Crippen LogP contribution in [0.4, 0.5) is 0 Å². The van der Waals surface area contributed by atoms with Gasteiger partial charge >= 0.3 is 230 Å². The van der Waals surface area contributed by atoms with Crippen molar-refractivity contribution in [1.29, 1.82) is 0 Å². The van der Waals surface area contributed by atoms with Gasteiger partial charge in [0.25, 0.3) is 0 Å². The molecular weight excluding hydrogens is 583 g/mol. The van der Waals surface area contributed by atoms with Crippen LogP contribution in [-0.4, -0.2) is 197 Å². The molecule has 0 aromatic rings. The Labute approximate surface area is 229 Å². The molecule has 0 saturated carbocycles. The van der Waals surface area contributed by atoms with Crippen LogP contribution in [0.3, 0.4) is 0 Å². The Hall–Kier alpha value is 0.319. The van der Waals surface area contributed by atoms with E-state index in [9.17, 15) is 0 Å². The van der Waals surface area contributed by atoms with E-state index in [1.54, 1.807) is 0 Å². The van der Waals surface area contributed by atoms with E-state index < -0.39 is 19.5 Å². The first kappa shape index (κ1) is 30.3. The summed E-state index contributed by atoms with van der Waals surface area (Å²) < 4.78 is 38.4. The predicted molar refractivity (Wildman–Crippen MR) is 147 cm³/mol. The summed E-state index contributed by atoms with van der Waals surface area (Å²) in [4.78, 5) is 10.1. The van der Waals surface area contributed by atoms with Gasteiger partial charge in [0.05, 0.1) is 0 Å². The van der Waals surface area contributed by atoms with E-state index in [-0.39, 0.29) is 0 Å². The molecule has 0 atom stereocenters. The van der Waals surface area contributed by atoms with Crippen LogP contribution < -0.4 is 14.2 Å².